The fraction of sp³-hybridized carbons (Fsp3) is 0.333. The molecule has 0 aliphatic heterocycles. The first-order chi connectivity index (χ1) is 11.6. The smallest absolute Gasteiger partial charge is 0.320 e. The molecule has 0 unspecified atom stereocenters. The summed E-state index contributed by atoms with van der Waals surface area (Å²) in [5, 5.41) is 14.7. The zero-order valence-electron chi connectivity index (χ0n) is 13.5. The maximum Gasteiger partial charge on any atom is 0.320 e. The van der Waals surface area contributed by atoms with Gasteiger partial charge in [-0.1, -0.05) is 6.07 Å². The fourth-order valence-electron chi connectivity index (χ4n) is 2.05. The summed E-state index contributed by atoms with van der Waals surface area (Å²) in [7, 11) is 2.94. The summed E-state index contributed by atoms with van der Waals surface area (Å²) in [5.41, 5.74) is 1.46. The Morgan fingerprint density at radius 1 is 1.42 bits per heavy atom. The van der Waals surface area contributed by atoms with Crippen LogP contribution in [0, 0.1) is 18.3 Å². The predicted molar refractivity (Wildman–Crippen MR) is 88.5 cm³/mol. The van der Waals surface area contributed by atoms with Gasteiger partial charge in [0.2, 0.25) is 5.79 Å². The average Bonchev–Trinajstić information content (AvgIpc) is 2.96. The van der Waals surface area contributed by atoms with Crippen LogP contribution >= 0.6 is 11.5 Å². The van der Waals surface area contributed by atoms with Gasteiger partial charge in [0.15, 0.2) is 0 Å². The van der Waals surface area contributed by atoms with E-state index in [0.717, 1.165) is 11.5 Å². The summed E-state index contributed by atoms with van der Waals surface area (Å²) in [6, 6.07) is 6.84. The highest BCUT2D eigenvalue weighted by Crippen LogP contribution is 2.25. The average molecular weight is 347 g/mol. The molecule has 0 spiro atoms. The molecule has 9 heteroatoms. The number of urea groups is 1. The van der Waals surface area contributed by atoms with Crippen molar-refractivity contribution in [1.82, 2.24) is 14.7 Å². The predicted octanol–water partition coefficient (Wildman–Crippen LogP) is 1.99. The van der Waals surface area contributed by atoms with Crippen LogP contribution < -0.4 is 10.6 Å². The van der Waals surface area contributed by atoms with Crippen molar-refractivity contribution in [2.45, 2.75) is 12.7 Å². The molecular weight excluding hydrogens is 330 g/mol. The molecule has 2 amide bonds. The van der Waals surface area contributed by atoms with Crippen LogP contribution in [0.15, 0.2) is 24.4 Å². The van der Waals surface area contributed by atoms with E-state index in [9.17, 15) is 4.79 Å². The van der Waals surface area contributed by atoms with Gasteiger partial charge in [-0.05, 0) is 30.6 Å². The van der Waals surface area contributed by atoms with Gasteiger partial charge in [-0.3, -0.25) is 10.3 Å². The van der Waals surface area contributed by atoms with Crippen LogP contribution in [0.5, 0.6) is 0 Å². The van der Waals surface area contributed by atoms with Gasteiger partial charge in [0.05, 0.1) is 12.2 Å². The van der Waals surface area contributed by atoms with Gasteiger partial charge < -0.3 is 14.8 Å². The fourth-order valence-corrected chi connectivity index (χ4v) is 2.79. The zero-order chi connectivity index (χ0) is 17.6. The molecule has 0 fully saturated rings. The van der Waals surface area contributed by atoms with Crippen molar-refractivity contribution in [2.75, 3.05) is 26.1 Å². The number of hydrogen-bond donors (Lipinski definition) is 2. The lowest BCUT2D eigenvalue weighted by Gasteiger charge is -2.30. The van der Waals surface area contributed by atoms with E-state index >= 15 is 0 Å². The summed E-state index contributed by atoms with van der Waals surface area (Å²) < 4.78 is 14.9. The molecule has 0 aromatic carbocycles. The molecule has 2 N–H and O–H groups in total. The Morgan fingerprint density at radius 2 is 2.17 bits per heavy atom. The van der Waals surface area contributed by atoms with Gasteiger partial charge in [0.1, 0.15) is 22.3 Å². The molecule has 2 aromatic heterocycles. The summed E-state index contributed by atoms with van der Waals surface area (Å²) >= 11 is 1.05. The number of nitriles is 1. The largest absolute Gasteiger partial charge is 0.347 e. The van der Waals surface area contributed by atoms with Crippen LogP contribution in [0.1, 0.15) is 17.0 Å². The molecule has 0 atom stereocenters. The number of pyridine rings is 1. The van der Waals surface area contributed by atoms with E-state index in [1.165, 1.54) is 14.2 Å². The molecule has 2 aromatic rings. The summed E-state index contributed by atoms with van der Waals surface area (Å²) in [6.45, 7) is 1.74. The number of carbonyl (C=O) groups is 1. The number of amides is 2. The first-order valence-electron chi connectivity index (χ1n) is 6.99. The second kappa shape index (κ2) is 7.83. The highest BCUT2D eigenvalue weighted by molar-refractivity contribution is 7.10. The van der Waals surface area contributed by atoms with Crippen LogP contribution in [-0.2, 0) is 15.3 Å². The summed E-state index contributed by atoms with van der Waals surface area (Å²) in [4.78, 5) is 16.3. The molecule has 0 radical (unpaired) electrons. The first-order valence-corrected chi connectivity index (χ1v) is 7.76. The first kappa shape index (κ1) is 17.8. The molecule has 0 aliphatic rings. The maximum atomic E-state index is 12.1. The summed E-state index contributed by atoms with van der Waals surface area (Å²) in [5.74, 6) is -1.21. The number of anilines is 1. The van der Waals surface area contributed by atoms with Crippen molar-refractivity contribution in [3.63, 3.8) is 0 Å². The zero-order valence-corrected chi connectivity index (χ0v) is 14.3. The molecule has 0 aliphatic carbocycles. The van der Waals surface area contributed by atoms with Crippen LogP contribution in [0.4, 0.5) is 9.80 Å². The number of aryl methyl sites for hydroxylation is 1. The molecule has 0 saturated carbocycles. The van der Waals surface area contributed by atoms with Gasteiger partial charge in [-0.25, -0.2) is 4.79 Å². The number of nitrogens with one attached hydrogen (secondary N) is 2. The molecule has 126 valence electrons. The normalized spacial score (nSPS) is 10.9. The van der Waals surface area contributed by atoms with E-state index in [0.29, 0.717) is 22.0 Å². The number of hydrogen-bond acceptors (Lipinski definition) is 7. The van der Waals surface area contributed by atoms with Crippen LogP contribution in [-0.4, -0.2) is 36.2 Å². The Morgan fingerprint density at radius 3 is 2.75 bits per heavy atom. The van der Waals surface area contributed by atoms with Crippen molar-refractivity contribution in [2.24, 2.45) is 0 Å². The van der Waals surface area contributed by atoms with Crippen molar-refractivity contribution in [1.29, 1.82) is 5.26 Å². The van der Waals surface area contributed by atoms with Crippen LogP contribution in [0.25, 0.3) is 0 Å². The Balaban J connectivity index is 2.07. The van der Waals surface area contributed by atoms with E-state index in [1.54, 1.807) is 31.3 Å². The van der Waals surface area contributed by atoms with E-state index < -0.39 is 11.8 Å². The second-order valence-electron chi connectivity index (χ2n) is 4.77. The number of ether oxygens (including phenoxy) is 2. The third-order valence-corrected chi connectivity index (χ3v) is 4.25. The highest BCUT2D eigenvalue weighted by Gasteiger charge is 2.34. The molecule has 8 nitrogen and oxygen atoms in total. The van der Waals surface area contributed by atoms with Gasteiger partial charge >= 0.3 is 6.03 Å². The van der Waals surface area contributed by atoms with Crippen molar-refractivity contribution in [3.05, 3.63) is 41.3 Å². The Labute approximate surface area is 143 Å². The number of carbonyl (C=O) groups excluding carboxylic acids is 1. The number of nitrogens with zero attached hydrogens (tertiary/aromatic N) is 3. The second-order valence-corrected chi connectivity index (χ2v) is 5.54. The quantitative estimate of drug-likeness (QED) is 0.773. The molecule has 0 saturated heterocycles. The van der Waals surface area contributed by atoms with Crippen LogP contribution in [0.3, 0.4) is 0 Å². The van der Waals surface area contributed by atoms with Crippen molar-refractivity contribution in [3.8, 4) is 6.07 Å². The van der Waals surface area contributed by atoms with Crippen molar-refractivity contribution >= 4 is 22.6 Å². The monoisotopic (exact) mass is 347 g/mol. The van der Waals surface area contributed by atoms with Gasteiger partial charge in [-0.2, -0.15) is 9.64 Å². The molecule has 0 bridgehead atoms. The minimum Gasteiger partial charge on any atom is -0.347 e. The minimum atomic E-state index is -1.21. The van der Waals surface area contributed by atoms with Gasteiger partial charge in [0.25, 0.3) is 0 Å². The lowest BCUT2D eigenvalue weighted by Crippen LogP contribution is -2.45. The van der Waals surface area contributed by atoms with E-state index in [1.807, 2.05) is 6.07 Å². The van der Waals surface area contributed by atoms with E-state index in [-0.39, 0.29) is 6.54 Å². The lowest BCUT2D eigenvalue weighted by atomic mass is 10.1. The van der Waals surface area contributed by atoms with Gasteiger partial charge in [-0.15, -0.1) is 0 Å². The summed E-state index contributed by atoms with van der Waals surface area (Å²) in [6.07, 6.45) is 1.61. The van der Waals surface area contributed by atoms with Gasteiger partial charge in [0, 0.05) is 20.4 Å². The molecule has 2 heterocycles. The standard InChI is InChI=1S/C15H17N5O3S/c1-10-11(8-16)13(24-20-10)19-14(21)18-9-15(22-2,23-3)12-6-4-5-7-17-12/h4-7H,9H2,1-3H3,(H2,18,19,21). The number of aromatic nitrogens is 2. The topological polar surface area (TPSA) is 109 Å². The molecule has 24 heavy (non-hydrogen) atoms. The highest BCUT2D eigenvalue weighted by atomic mass is 32.1. The lowest BCUT2D eigenvalue weighted by molar-refractivity contribution is -0.213. The number of rotatable bonds is 6. The number of methoxy groups -OCH3 is 2. The van der Waals surface area contributed by atoms with Crippen LogP contribution in [0.2, 0.25) is 0 Å². The Hall–Kier alpha value is -2.54. The van der Waals surface area contributed by atoms with E-state index in [4.69, 9.17) is 14.7 Å². The minimum absolute atomic E-state index is 0.0303. The Bertz CT molecular complexity index is 737. The molecule has 2 rings (SSSR count). The third-order valence-electron chi connectivity index (χ3n) is 3.40. The molecular formula is C15H17N5O3S. The van der Waals surface area contributed by atoms with E-state index in [2.05, 4.69) is 20.0 Å². The Kier molecular flexibility index (Phi) is 5.81. The maximum absolute atomic E-state index is 12.1. The SMILES string of the molecule is COC(CNC(=O)Nc1snc(C)c1C#N)(OC)c1ccccn1. The third kappa shape index (κ3) is 3.68. The van der Waals surface area contributed by atoms with Crippen molar-refractivity contribution < 1.29 is 14.3 Å².